The number of rotatable bonds is 3. The zero-order valence-corrected chi connectivity index (χ0v) is 9.56. The maximum atomic E-state index is 13.1. The molecule has 2 aromatic rings. The van der Waals surface area contributed by atoms with E-state index in [0.717, 1.165) is 11.8 Å². The highest BCUT2D eigenvalue weighted by molar-refractivity contribution is 5.98. The summed E-state index contributed by atoms with van der Waals surface area (Å²) in [6.07, 6.45) is 2.22. The van der Waals surface area contributed by atoms with Gasteiger partial charge in [0.1, 0.15) is 0 Å². The fourth-order valence-electron chi connectivity index (χ4n) is 1.50. The lowest BCUT2D eigenvalue weighted by Gasteiger charge is -2.07. The number of nitrogen functional groups attached to an aromatic ring is 1. The maximum Gasteiger partial charge on any atom is 0.255 e. The molecule has 2 rings (SSSR count). The van der Waals surface area contributed by atoms with Crippen LogP contribution >= 0.6 is 0 Å². The van der Waals surface area contributed by atoms with Gasteiger partial charge in [-0.1, -0.05) is 30.3 Å². The normalized spacial score (nSPS) is 10.1. The summed E-state index contributed by atoms with van der Waals surface area (Å²) in [5, 5.41) is 2.66. The van der Waals surface area contributed by atoms with Crippen molar-refractivity contribution in [1.82, 2.24) is 10.3 Å². The molecule has 3 N–H and O–H groups in total. The van der Waals surface area contributed by atoms with Crippen LogP contribution in [0, 0.1) is 5.82 Å². The summed E-state index contributed by atoms with van der Waals surface area (Å²) < 4.78 is 13.1. The maximum absolute atomic E-state index is 13.1. The molecular weight excluding hydrogens is 233 g/mol. The zero-order chi connectivity index (χ0) is 13.0. The first-order valence-electron chi connectivity index (χ1n) is 5.39. The van der Waals surface area contributed by atoms with Gasteiger partial charge in [-0.15, -0.1) is 0 Å². The second-order valence-electron chi connectivity index (χ2n) is 3.75. The molecule has 0 bridgehead atoms. The molecule has 0 aliphatic carbocycles. The van der Waals surface area contributed by atoms with Gasteiger partial charge < -0.3 is 11.1 Å². The van der Waals surface area contributed by atoms with E-state index in [-0.39, 0.29) is 11.3 Å². The minimum Gasteiger partial charge on any atom is -0.396 e. The van der Waals surface area contributed by atoms with Gasteiger partial charge in [0.15, 0.2) is 5.82 Å². The lowest BCUT2D eigenvalue weighted by Crippen LogP contribution is -2.24. The van der Waals surface area contributed by atoms with E-state index in [0.29, 0.717) is 6.54 Å². The fourth-order valence-corrected chi connectivity index (χ4v) is 1.50. The first-order valence-corrected chi connectivity index (χ1v) is 5.39. The molecule has 4 nitrogen and oxygen atoms in total. The summed E-state index contributed by atoms with van der Waals surface area (Å²) in [5.74, 6) is -1.13. The molecule has 1 aromatic heterocycles. The summed E-state index contributed by atoms with van der Waals surface area (Å²) in [6.45, 7) is 0.357. The van der Waals surface area contributed by atoms with Gasteiger partial charge in [0.05, 0.1) is 17.4 Å². The number of anilines is 1. The highest BCUT2D eigenvalue weighted by Crippen LogP contribution is 2.13. The van der Waals surface area contributed by atoms with Crippen molar-refractivity contribution in [3.8, 4) is 0 Å². The minimum absolute atomic E-state index is 0.0472. The lowest BCUT2D eigenvalue weighted by atomic mass is 10.2. The van der Waals surface area contributed by atoms with Crippen LogP contribution in [0.1, 0.15) is 15.9 Å². The van der Waals surface area contributed by atoms with Gasteiger partial charge in [-0.25, -0.2) is 4.39 Å². The Kier molecular flexibility index (Phi) is 3.52. The topological polar surface area (TPSA) is 68.0 Å². The molecule has 1 aromatic carbocycles. The molecule has 0 fully saturated rings. The SMILES string of the molecule is Nc1c(F)cncc1C(=O)NCc1ccccc1. The minimum atomic E-state index is -0.692. The standard InChI is InChI=1S/C13H12FN3O/c14-11-8-16-7-10(12(11)15)13(18)17-6-9-4-2-1-3-5-9/h1-5,7-8H,6H2,(H2,15,16)(H,17,18). The molecule has 92 valence electrons. The predicted molar refractivity (Wildman–Crippen MR) is 66.2 cm³/mol. The molecule has 0 atom stereocenters. The van der Waals surface area contributed by atoms with Crippen LogP contribution < -0.4 is 11.1 Å². The average molecular weight is 245 g/mol. The van der Waals surface area contributed by atoms with Crippen LogP contribution in [-0.2, 0) is 6.54 Å². The second-order valence-corrected chi connectivity index (χ2v) is 3.75. The lowest BCUT2D eigenvalue weighted by molar-refractivity contribution is 0.0951. The number of aromatic nitrogens is 1. The summed E-state index contributed by atoms with van der Waals surface area (Å²) in [5.41, 5.74) is 6.29. The first-order chi connectivity index (χ1) is 8.68. The zero-order valence-electron chi connectivity index (χ0n) is 9.56. The number of hydrogen-bond acceptors (Lipinski definition) is 3. The van der Waals surface area contributed by atoms with Gasteiger partial charge in [-0.3, -0.25) is 9.78 Å². The van der Waals surface area contributed by atoms with E-state index < -0.39 is 11.7 Å². The molecule has 0 spiro atoms. The number of halogens is 1. The van der Waals surface area contributed by atoms with Crippen LogP contribution in [0.5, 0.6) is 0 Å². The molecular formula is C13H12FN3O. The third kappa shape index (κ3) is 2.63. The molecule has 1 amide bonds. The molecule has 0 saturated carbocycles. The Balaban J connectivity index is 2.07. The average Bonchev–Trinajstić information content (AvgIpc) is 2.40. The van der Waals surface area contributed by atoms with Crippen molar-refractivity contribution in [3.63, 3.8) is 0 Å². The monoisotopic (exact) mass is 245 g/mol. The van der Waals surface area contributed by atoms with Gasteiger partial charge in [0.2, 0.25) is 0 Å². The number of amides is 1. The summed E-state index contributed by atoms with van der Waals surface area (Å²) >= 11 is 0. The Hall–Kier alpha value is -2.43. The van der Waals surface area contributed by atoms with Gasteiger partial charge in [-0.2, -0.15) is 0 Å². The van der Waals surface area contributed by atoms with E-state index in [9.17, 15) is 9.18 Å². The smallest absolute Gasteiger partial charge is 0.255 e. The van der Waals surface area contributed by atoms with Crippen molar-refractivity contribution in [2.24, 2.45) is 0 Å². The van der Waals surface area contributed by atoms with Gasteiger partial charge >= 0.3 is 0 Å². The van der Waals surface area contributed by atoms with Crippen molar-refractivity contribution in [2.75, 3.05) is 5.73 Å². The van der Waals surface area contributed by atoms with Crippen molar-refractivity contribution < 1.29 is 9.18 Å². The van der Waals surface area contributed by atoms with Gasteiger partial charge in [0, 0.05) is 12.7 Å². The fraction of sp³-hybridized carbons (Fsp3) is 0.0769. The van der Waals surface area contributed by atoms with Crippen molar-refractivity contribution in [3.05, 3.63) is 59.7 Å². The van der Waals surface area contributed by atoms with E-state index in [1.54, 1.807) is 0 Å². The first kappa shape index (κ1) is 12.0. The van der Waals surface area contributed by atoms with Crippen LogP contribution in [0.4, 0.5) is 10.1 Å². The molecule has 0 saturated heterocycles. The van der Waals surface area contributed by atoms with Crippen molar-refractivity contribution in [1.29, 1.82) is 0 Å². The number of nitrogens with two attached hydrogens (primary N) is 1. The number of nitrogens with zero attached hydrogens (tertiary/aromatic N) is 1. The Labute approximate surface area is 104 Å². The number of hydrogen-bond donors (Lipinski definition) is 2. The molecule has 0 unspecified atom stereocenters. The van der Waals surface area contributed by atoms with E-state index in [2.05, 4.69) is 10.3 Å². The van der Waals surface area contributed by atoms with Crippen LogP contribution in [0.2, 0.25) is 0 Å². The Bertz CT molecular complexity index is 557. The van der Waals surface area contributed by atoms with Crippen LogP contribution in [-0.4, -0.2) is 10.9 Å². The second kappa shape index (κ2) is 5.27. The van der Waals surface area contributed by atoms with Crippen LogP contribution in [0.3, 0.4) is 0 Å². The van der Waals surface area contributed by atoms with Crippen LogP contribution in [0.15, 0.2) is 42.7 Å². The Morgan fingerprint density at radius 2 is 2.00 bits per heavy atom. The number of carbonyl (C=O) groups is 1. The summed E-state index contributed by atoms with van der Waals surface area (Å²) in [6, 6.07) is 9.40. The number of pyridine rings is 1. The summed E-state index contributed by atoms with van der Waals surface area (Å²) in [4.78, 5) is 15.4. The molecule has 5 heteroatoms. The van der Waals surface area contributed by atoms with E-state index in [4.69, 9.17) is 5.73 Å². The highest BCUT2D eigenvalue weighted by Gasteiger charge is 2.12. The molecule has 0 radical (unpaired) electrons. The summed E-state index contributed by atoms with van der Waals surface area (Å²) in [7, 11) is 0. The van der Waals surface area contributed by atoms with E-state index in [1.807, 2.05) is 30.3 Å². The third-order valence-electron chi connectivity index (χ3n) is 2.48. The predicted octanol–water partition coefficient (Wildman–Crippen LogP) is 1.73. The van der Waals surface area contributed by atoms with Crippen molar-refractivity contribution >= 4 is 11.6 Å². The Morgan fingerprint density at radius 1 is 1.28 bits per heavy atom. The number of benzene rings is 1. The molecule has 1 heterocycles. The third-order valence-corrected chi connectivity index (χ3v) is 2.48. The molecule has 18 heavy (non-hydrogen) atoms. The van der Waals surface area contributed by atoms with Crippen LogP contribution in [0.25, 0.3) is 0 Å². The largest absolute Gasteiger partial charge is 0.396 e. The van der Waals surface area contributed by atoms with E-state index >= 15 is 0 Å². The molecule has 0 aliphatic rings. The number of nitrogens with one attached hydrogen (secondary N) is 1. The molecule has 0 aliphatic heterocycles. The Morgan fingerprint density at radius 3 is 2.72 bits per heavy atom. The quantitative estimate of drug-likeness (QED) is 0.865. The van der Waals surface area contributed by atoms with Gasteiger partial charge in [0.25, 0.3) is 5.91 Å². The number of carbonyl (C=O) groups excluding carboxylic acids is 1. The van der Waals surface area contributed by atoms with Crippen molar-refractivity contribution in [2.45, 2.75) is 6.54 Å². The van der Waals surface area contributed by atoms with E-state index in [1.165, 1.54) is 6.20 Å². The van der Waals surface area contributed by atoms with Gasteiger partial charge in [-0.05, 0) is 5.56 Å². The highest BCUT2D eigenvalue weighted by atomic mass is 19.1.